The van der Waals surface area contributed by atoms with Gasteiger partial charge in [-0.3, -0.25) is 9.59 Å². The minimum absolute atomic E-state index is 0.0867. The van der Waals surface area contributed by atoms with Gasteiger partial charge in [0.2, 0.25) is 5.82 Å². The first-order valence-corrected chi connectivity index (χ1v) is 8.72. The lowest BCUT2D eigenvalue weighted by atomic mass is 10.2. The molecule has 2 aromatic heterocycles. The lowest BCUT2D eigenvalue weighted by Crippen LogP contribution is -2.17. The van der Waals surface area contributed by atoms with E-state index in [0.717, 1.165) is 28.3 Å². The number of hydrogen-bond acceptors (Lipinski definition) is 8. The molecule has 2 heterocycles. The first kappa shape index (κ1) is 17.9. The molecule has 0 aliphatic carbocycles. The number of methoxy groups -OCH3 is 1. The Morgan fingerprint density at radius 1 is 1.31 bits per heavy atom. The zero-order chi connectivity index (χ0) is 18.5. The van der Waals surface area contributed by atoms with Crippen molar-refractivity contribution >= 4 is 17.3 Å². The summed E-state index contributed by atoms with van der Waals surface area (Å²) in [6.45, 7) is 2.00. The maximum absolute atomic E-state index is 11.8. The molecule has 0 aliphatic rings. The molecule has 0 unspecified atom stereocenters. The van der Waals surface area contributed by atoms with E-state index >= 15 is 0 Å². The minimum atomic E-state index is -0.438. The van der Waals surface area contributed by atoms with Crippen LogP contribution in [0, 0.1) is 6.92 Å². The molecule has 0 atom stereocenters. The highest BCUT2D eigenvalue weighted by molar-refractivity contribution is 7.07. The van der Waals surface area contributed by atoms with Crippen LogP contribution >= 0.6 is 11.3 Å². The van der Waals surface area contributed by atoms with Crippen LogP contribution in [-0.2, 0) is 22.7 Å². The number of thiazole rings is 1. The van der Waals surface area contributed by atoms with Gasteiger partial charge in [0, 0.05) is 23.2 Å². The van der Waals surface area contributed by atoms with Crippen LogP contribution in [0.2, 0.25) is 0 Å². The van der Waals surface area contributed by atoms with Crippen LogP contribution in [-0.4, -0.2) is 27.8 Å². The van der Waals surface area contributed by atoms with Gasteiger partial charge in [-0.1, -0.05) is 16.5 Å². The largest absolute Gasteiger partial charge is 0.497 e. The van der Waals surface area contributed by atoms with Gasteiger partial charge in [0.05, 0.1) is 13.5 Å². The van der Waals surface area contributed by atoms with Gasteiger partial charge in [0.25, 0.3) is 5.89 Å². The molecule has 0 spiro atoms. The molecule has 3 aromatic rings. The van der Waals surface area contributed by atoms with Gasteiger partial charge in [-0.15, -0.1) is 0 Å². The number of aromatic nitrogens is 3. The van der Waals surface area contributed by atoms with Gasteiger partial charge in [0.1, 0.15) is 5.75 Å². The predicted octanol–water partition coefficient (Wildman–Crippen LogP) is 2.41. The molecule has 0 aliphatic heterocycles. The summed E-state index contributed by atoms with van der Waals surface area (Å²) in [5, 5.41) is 5.62. The van der Waals surface area contributed by atoms with Crippen molar-refractivity contribution in [3.63, 3.8) is 0 Å². The van der Waals surface area contributed by atoms with Gasteiger partial charge in [0.15, 0.2) is 6.61 Å². The number of aryl methyl sites for hydroxylation is 1. The number of ether oxygens (including phenoxy) is 2. The molecule has 0 amide bonds. The van der Waals surface area contributed by atoms with Crippen molar-refractivity contribution in [1.29, 1.82) is 0 Å². The average Bonchev–Trinajstić information content (AvgIpc) is 3.25. The third-order valence-corrected chi connectivity index (χ3v) is 4.57. The van der Waals surface area contributed by atoms with E-state index in [1.807, 2.05) is 6.92 Å². The second kappa shape index (κ2) is 7.96. The Labute approximate surface area is 153 Å². The van der Waals surface area contributed by atoms with Crippen LogP contribution in [0.15, 0.2) is 39.0 Å². The third-order valence-electron chi connectivity index (χ3n) is 3.69. The third kappa shape index (κ3) is 4.17. The molecular formula is C17H17N3O5S. The maximum atomic E-state index is 11.8. The molecule has 1 aromatic carbocycles. The van der Waals surface area contributed by atoms with Crippen molar-refractivity contribution in [1.82, 2.24) is 14.7 Å². The molecule has 8 nitrogen and oxygen atoms in total. The van der Waals surface area contributed by atoms with Crippen molar-refractivity contribution < 1.29 is 18.8 Å². The van der Waals surface area contributed by atoms with Crippen LogP contribution in [0.1, 0.15) is 18.0 Å². The fraction of sp³-hybridized carbons (Fsp3) is 0.294. The van der Waals surface area contributed by atoms with E-state index in [0.29, 0.717) is 5.82 Å². The molecule has 0 N–H and O–H groups in total. The summed E-state index contributed by atoms with van der Waals surface area (Å²) in [5.74, 6) is 0.894. The molecule has 0 fully saturated rings. The van der Waals surface area contributed by atoms with Crippen LogP contribution in [0.3, 0.4) is 0 Å². The molecule has 0 bridgehead atoms. The molecule has 136 valence electrons. The van der Waals surface area contributed by atoms with Crippen molar-refractivity contribution in [3.05, 3.63) is 50.9 Å². The predicted molar refractivity (Wildman–Crippen MR) is 94.0 cm³/mol. The van der Waals surface area contributed by atoms with E-state index in [1.165, 1.54) is 0 Å². The molecular weight excluding hydrogens is 358 g/mol. The second-order valence-electron chi connectivity index (χ2n) is 5.45. The summed E-state index contributed by atoms with van der Waals surface area (Å²) < 4.78 is 16.9. The van der Waals surface area contributed by atoms with Gasteiger partial charge in [-0.05, 0) is 31.2 Å². The highest BCUT2D eigenvalue weighted by Crippen LogP contribution is 2.19. The maximum Gasteiger partial charge on any atom is 0.308 e. The Kier molecular flexibility index (Phi) is 5.47. The topological polar surface area (TPSA) is 96.5 Å². The van der Waals surface area contributed by atoms with Crippen molar-refractivity contribution in [3.8, 4) is 17.1 Å². The van der Waals surface area contributed by atoms with Gasteiger partial charge >= 0.3 is 10.8 Å². The van der Waals surface area contributed by atoms with E-state index in [2.05, 4.69) is 10.1 Å². The van der Waals surface area contributed by atoms with Crippen LogP contribution in [0.5, 0.6) is 5.75 Å². The number of benzene rings is 1. The molecule has 9 heteroatoms. The molecule has 0 saturated heterocycles. The minimum Gasteiger partial charge on any atom is -0.497 e. The quantitative estimate of drug-likeness (QED) is 0.585. The number of esters is 1. The molecule has 0 saturated carbocycles. The first-order valence-electron chi connectivity index (χ1n) is 7.84. The first-order chi connectivity index (χ1) is 12.6. The number of nitrogens with zero attached hydrogens (tertiary/aromatic N) is 3. The molecule has 0 radical (unpaired) electrons. The summed E-state index contributed by atoms with van der Waals surface area (Å²) >= 11 is 1.11. The standard InChI is InChI=1S/C17H17N3O5S/c1-11-10-26-17(22)20(11)8-7-15(21)24-9-14-18-16(19-25-14)12-3-5-13(23-2)6-4-12/h3-6,10H,7-9H2,1-2H3. The van der Waals surface area contributed by atoms with Crippen molar-refractivity contribution in [2.75, 3.05) is 7.11 Å². The number of rotatable bonds is 7. The normalized spacial score (nSPS) is 10.7. The van der Waals surface area contributed by atoms with Crippen LogP contribution in [0.25, 0.3) is 11.4 Å². The van der Waals surface area contributed by atoms with E-state index in [1.54, 1.807) is 41.3 Å². The van der Waals surface area contributed by atoms with E-state index in [9.17, 15) is 9.59 Å². The molecule has 26 heavy (non-hydrogen) atoms. The van der Waals surface area contributed by atoms with Crippen molar-refractivity contribution in [2.24, 2.45) is 0 Å². The number of carbonyl (C=O) groups is 1. The zero-order valence-corrected chi connectivity index (χ0v) is 15.1. The van der Waals surface area contributed by atoms with Crippen LogP contribution < -0.4 is 9.61 Å². The second-order valence-corrected chi connectivity index (χ2v) is 6.27. The van der Waals surface area contributed by atoms with Crippen molar-refractivity contribution in [2.45, 2.75) is 26.5 Å². The van der Waals surface area contributed by atoms with Gasteiger partial charge in [-0.2, -0.15) is 4.98 Å². The summed E-state index contributed by atoms with van der Waals surface area (Å²) in [4.78, 5) is 27.6. The molecule has 3 rings (SSSR count). The lowest BCUT2D eigenvalue weighted by Gasteiger charge is -2.04. The highest BCUT2D eigenvalue weighted by Gasteiger charge is 2.12. The van der Waals surface area contributed by atoms with Gasteiger partial charge in [-0.25, -0.2) is 0 Å². The zero-order valence-electron chi connectivity index (χ0n) is 14.3. The fourth-order valence-corrected chi connectivity index (χ4v) is 3.02. The van der Waals surface area contributed by atoms with E-state index in [-0.39, 0.29) is 30.3 Å². The summed E-state index contributed by atoms with van der Waals surface area (Å²) in [6.07, 6.45) is 0.0942. The van der Waals surface area contributed by atoms with E-state index < -0.39 is 5.97 Å². The Balaban J connectivity index is 1.52. The summed E-state index contributed by atoms with van der Waals surface area (Å²) in [5.41, 5.74) is 1.59. The fourth-order valence-electron chi connectivity index (χ4n) is 2.26. The monoisotopic (exact) mass is 375 g/mol. The van der Waals surface area contributed by atoms with Gasteiger partial charge < -0.3 is 18.6 Å². The number of hydrogen-bond donors (Lipinski definition) is 0. The Hall–Kier alpha value is -2.94. The van der Waals surface area contributed by atoms with Crippen LogP contribution in [0.4, 0.5) is 0 Å². The number of carbonyl (C=O) groups excluding carboxylic acids is 1. The SMILES string of the molecule is COc1ccc(-c2noc(COC(=O)CCn3c(C)csc3=O)n2)cc1. The Morgan fingerprint density at radius 3 is 2.73 bits per heavy atom. The summed E-state index contributed by atoms with van der Waals surface area (Å²) in [7, 11) is 1.59. The lowest BCUT2D eigenvalue weighted by molar-refractivity contribution is -0.146. The average molecular weight is 375 g/mol. The smallest absolute Gasteiger partial charge is 0.308 e. The Morgan fingerprint density at radius 2 is 2.08 bits per heavy atom. The highest BCUT2D eigenvalue weighted by atomic mass is 32.1. The Bertz CT molecular complexity index is 942. The summed E-state index contributed by atoms with van der Waals surface area (Å²) in [6, 6.07) is 7.19. The van der Waals surface area contributed by atoms with E-state index in [4.69, 9.17) is 14.0 Å².